The minimum absolute atomic E-state index is 0.198. The molecule has 3 aromatic rings. The maximum absolute atomic E-state index is 6.15. The maximum atomic E-state index is 6.15. The predicted molar refractivity (Wildman–Crippen MR) is 91.5 cm³/mol. The highest BCUT2D eigenvalue weighted by Crippen LogP contribution is 2.27. The van der Waals surface area contributed by atoms with Gasteiger partial charge in [0.2, 0.25) is 5.89 Å². The molecule has 5 nitrogen and oxygen atoms in total. The SMILES string of the molecule is COc1ccc(-c2nnc(COc3cc(C)c(Cl)c(C)c3)o2)cc1. The lowest BCUT2D eigenvalue weighted by atomic mass is 10.1. The van der Waals surface area contributed by atoms with E-state index >= 15 is 0 Å². The summed E-state index contributed by atoms with van der Waals surface area (Å²) in [5.74, 6) is 2.35. The van der Waals surface area contributed by atoms with E-state index in [1.807, 2.05) is 50.2 Å². The highest BCUT2D eigenvalue weighted by Gasteiger charge is 2.10. The summed E-state index contributed by atoms with van der Waals surface area (Å²) in [6, 6.07) is 11.2. The number of rotatable bonds is 5. The van der Waals surface area contributed by atoms with Gasteiger partial charge in [-0.3, -0.25) is 0 Å². The monoisotopic (exact) mass is 344 g/mol. The molecular formula is C18H17ClN2O3. The molecule has 0 aliphatic rings. The van der Waals surface area contributed by atoms with Gasteiger partial charge >= 0.3 is 0 Å². The average molecular weight is 345 g/mol. The average Bonchev–Trinajstić information content (AvgIpc) is 3.07. The van der Waals surface area contributed by atoms with E-state index in [0.29, 0.717) is 11.8 Å². The fourth-order valence-electron chi connectivity index (χ4n) is 2.30. The van der Waals surface area contributed by atoms with Gasteiger partial charge in [0.1, 0.15) is 11.5 Å². The Balaban J connectivity index is 1.70. The molecule has 124 valence electrons. The molecule has 1 aromatic heterocycles. The number of aryl methyl sites for hydroxylation is 2. The van der Waals surface area contributed by atoms with Crippen LogP contribution in [0.4, 0.5) is 0 Å². The molecule has 0 fully saturated rings. The van der Waals surface area contributed by atoms with Crippen molar-refractivity contribution in [1.29, 1.82) is 0 Å². The van der Waals surface area contributed by atoms with Crippen molar-refractivity contribution in [3.05, 3.63) is 58.4 Å². The standard InChI is InChI=1S/C18H17ClN2O3/c1-11-8-15(9-12(2)17(11)19)23-10-16-20-21-18(24-16)13-4-6-14(22-3)7-5-13/h4-9H,10H2,1-3H3. The summed E-state index contributed by atoms with van der Waals surface area (Å²) in [5.41, 5.74) is 2.76. The molecule has 0 amide bonds. The van der Waals surface area contributed by atoms with Gasteiger partial charge in [0.05, 0.1) is 7.11 Å². The maximum Gasteiger partial charge on any atom is 0.254 e. The Morgan fingerprint density at radius 2 is 1.67 bits per heavy atom. The van der Waals surface area contributed by atoms with Crippen molar-refractivity contribution >= 4 is 11.6 Å². The van der Waals surface area contributed by atoms with Crippen LogP contribution in [0.3, 0.4) is 0 Å². The van der Waals surface area contributed by atoms with E-state index in [0.717, 1.165) is 33.2 Å². The zero-order valence-electron chi connectivity index (χ0n) is 13.7. The van der Waals surface area contributed by atoms with Gasteiger partial charge in [-0.1, -0.05) is 11.6 Å². The molecule has 2 aromatic carbocycles. The number of halogens is 1. The van der Waals surface area contributed by atoms with Gasteiger partial charge < -0.3 is 13.9 Å². The van der Waals surface area contributed by atoms with Crippen LogP contribution in [0.25, 0.3) is 11.5 Å². The van der Waals surface area contributed by atoms with Gasteiger partial charge in [0, 0.05) is 10.6 Å². The third-order valence-electron chi connectivity index (χ3n) is 3.58. The summed E-state index contributed by atoms with van der Waals surface area (Å²) in [7, 11) is 1.62. The van der Waals surface area contributed by atoms with E-state index in [2.05, 4.69) is 10.2 Å². The molecule has 0 aliphatic carbocycles. The molecule has 0 radical (unpaired) electrons. The largest absolute Gasteiger partial charge is 0.497 e. The fraction of sp³-hybridized carbons (Fsp3) is 0.222. The van der Waals surface area contributed by atoms with Crippen LogP contribution in [-0.4, -0.2) is 17.3 Å². The third-order valence-corrected chi connectivity index (χ3v) is 4.17. The first-order valence-electron chi connectivity index (χ1n) is 7.43. The van der Waals surface area contributed by atoms with Gasteiger partial charge in [-0.15, -0.1) is 10.2 Å². The van der Waals surface area contributed by atoms with Crippen molar-refractivity contribution < 1.29 is 13.9 Å². The molecule has 0 bridgehead atoms. The fourth-order valence-corrected chi connectivity index (χ4v) is 2.41. The molecule has 6 heteroatoms. The second-order valence-electron chi connectivity index (χ2n) is 5.39. The van der Waals surface area contributed by atoms with Crippen LogP contribution < -0.4 is 9.47 Å². The highest BCUT2D eigenvalue weighted by molar-refractivity contribution is 6.32. The molecule has 0 atom stereocenters. The third kappa shape index (κ3) is 3.51. The zero-order valence-corrected chi connectivity index (χ0v) is 14.4. The summed E-state index contributed by atoms with van der Waals surface area (Å²) >= 11 is 6.15. The lowest BCUT2D eigenvalue weighted by Crippen LogP contribution is -1.97. The number of methoxy groups -OCH3 is 1. The first kappa shape index (κ1) is 16.3. The van der Waals surface area contributed by atoms with E-state index in [1.165, 1.54) is 0 Å². The Kier molecular flexibility index (Phi) is 4.71. The van der Waals surface area contributed by atoms with E-state index in [-0.39, 0.29) is 6.61 Å². The summed E-state index contributed by atoms with van der Waals surface area (Å²) in [6.07, 6.45) is 0. The van der Waals surface area contributed by atoms with Crippen molar-refractivity contribution in [2.75, 3.05) is 7.11 Å². The number of ether oxygens (including phenoxy) is 2. The van der Waals surface area contributed by atoms with Crippen molar-refractivity contribution in [2.24, 2.45) is 0 Å². The Morgan fingerprint density at radius 1 is 1.00 bits per heavy atom. The van der Waals surface area contributed by atoms with E-state index in [1.54, 1.807) is 7.11 Å². The van der Waals surface area contributed by atoms with Crippen molar-refractivity contribution in [1.82, 2.24) is 10.2 Å². The Bertz CT molecular complexity index is 821. The normalized spacial score (nSPS) is 10.7. The molecule has 0 saturated heterocycles. The summed E-state index contributed by atoms with van der Waals surface area (Å²) in [6.45, 7) is 4.08. The molecule has 0 spiro atoms. The molecule has 24 heavy (non-hydrogen) atoms. The van der Waals surface area contributed by atoms with Crippen molar-refractivity contribution in [2.45, 2.75) is 20.5 Å². The number of benzene rings is 2. The van der Waals surface area contributed by atoms with Gasteiger partial charge in [-0.25, -0.2) is 0 Å². The number of hydrogen-bond acceptors (Lipinski definition) is 5. The van der Waals surface area contributed by atoms with Crippen LogP contribution in [0.2, 0.25) is 5.02 Å². The van der Waals surface area contributed by atoms with E-state index in [9.17, 15) is 0 Å². The molecule has 0 unspecified atom stereocenters. The number of hydrogen-bond donors (Lipinski definition) is 0. The summed E-state index contributed by atoms with van der Waals surface area (Å²) in [4.78, 5) is 0. The van der Waals surface area contributed by atoms with Gasteiger partial charge in [0.15, 0.2) is 6.61 Å². The predicted octanol–water partition coefficient (Wildman–Crippen LogP) is 4.59. The van der Waals surface area contributed by atoms with Gasteiger partial charge in [-0.05, 0) is 61.4 Å². The van der Waals surface area contributed by atoms with Gasteiger partial charge in [0.25, 0.3) is 5.89 Å². The minimum Gasteiger partial charge on any atom is -0.497 e. The van der Waals surface area contributed by atoms with Gasteiger partial charge in [-0.2, -0.15) is 0 Å². The van der Waals surface area contributed by atoms with E-state index in [4.69, 9.17) is 25.5 Å². The zero-order chi connectivity index (χ0) is 17.1. The second kappa shape index (κ2) is 6.93. The molecule has 0 N–H and O–H groups in total. The number of aromatic nitrogens is 2. The minimum atomic E-state index is 0.198. The van der Waals surface area contributed by atoms with Crippen LogP contribution >= 0.6 is 11.6 Å². The molecule has 3 rings (SSSR count). The first-order chi connectivity index (χ1) is 11.6. The van der Waals surface area contributed by atoms with Crippen LogP contribution in [0.1, 0.15) is 17.0 Å². The molecular weight excluding hydrogens is 328 g/mol. The first-order valence-corrected chi connectivity index (χ1v) is 7.81. The molecule has 1 heterocycles. The lowest BCUT2D eigenvalue weighted by molar-refractivity contribution is 0.264. The summed E-state index contributed by atoms with van der Waals surface area (Å²) in [5, 5.41) is 8.81. The molecule has 0 aliphatic heterocycles. The van der Waals surface area contributed by atoms with E-state index < -0.39 is 0 Å². The molecule has 0 saturated carbocycles. The summed E-state index contributed by atoms with van der Waals surface area (Å²) < 4.78 is 16.5. The highest BCUT2D eigenvalue weighted by atomic mass is 35.5. The lowest BCUT2D eigenvalue weighted by Gasteiger charge is -2.08. The topological polar surface area (TPSA) is 57.4 Å². The van der Waals surface area contributed by atoms with Crippen molar-refractivity contribution in [3.8, 4) is 23.0 Å². The van der Waals surface area contributed by atoms with Crippen LogP contribution in [-0.2, 0) is 6.61 Å². The van der Waals surface area contributed by atoms with Crippen molar-refractivity contribution in [3.63, 3.8) is 0 Å². The Labute approximate surface area is 145 Å². The number of nitrogens with zero attached hydrogens (tertiary/aromatic N) is 2. The van der Waals surface area contributed by atoms with Crippen LogP contribution in [0.5, 0.6) is 11.5 Å². The quantitative estimate of drug-likeness (QED) is 0.677. The van der Waals surface area contributed by atoms with Crippen LogP contribution in [0, 0.1) is 13.8 Å². The second-order valence-corrected chi connectivity index (χ2v) is 5.77. The Hall–Kier alpha value is -2.53. The van der Waals surface area contributed by atoms with Crippen LogP contribution in [0.15, 0.2) is 40.8 Å². The smallest absolute Gasteiger partial charge is 0.254 e. The Morgan fingerprint density at radius 3 is 2.29 bits per heavy atom.